The minimum absolute atomic E-state index is 0.539. The van der Waals surface area contributed by atoms with Crippen LogP contribution in [-0.4, -0.2) is 23.9 Å². The lowest BCUT2D eigenvalue weighted by Crippen LogP contribution is -2.04. The van der Waals surface area contributed by atoms with E-state index in [0.29, 0.717) is 17.2 Å². The molecular formula is C42H22N6. The van der Waals surface area contributed by atoms with Crippen molar-refractivity contribution in [3.8, 4) is 23.3 Å². The molecule has 11 rings (SSSR count). The van der Waals surface area contributed by atoms with Gasteiger partial charge in [0, 0.05) is 54.9 Å². The Balaban J connectivity index is 1.37. The first-order chi connectivity index (χ1) is 23.8. The Morgan fingerprint density at radius 3 is 2.23 bits per heavy atom. The highest BCUT2D eigenvalue weighted by atomic mass is 15.2. The number of para-hydroxylation sites is 2. The van der Waals surface area contributed by atoms with Crippen LogP contribution >= 0.6 is 0 Å². The van der Waals surface area contributed by atoms with Gasteiger partial charge in [0.05, 0.1) is 44.9 Å². The zero-order valence-electron chi connectivity index (χ0n) is 25.4. The van der Waals surface area contributed by atoms with Gasteiger partial charge in [-0.2, -0.15) is 10.2 Å². The highest BCUT2D eigenvalue weighted by molar-refractivity contribution is 6.37. The van der Waals surface area contributed by atoms with E-state index in [1.807, 2.05) is 36.4 Å². The summed E-state index contributed by atoms with van der Waals surface area (Å²) >= 11 is 0. The molecule has 6 heteroatoms. The third-order valence-corrected chi connectivity index (χ3v) is 9.91. The number of pyridine rings is 1. The zero-order chi connectivity index (χ0) is 31.5. The van der Waals surface area contributed by atoms with Crippen molar-refractivity contribution in [3.63, 3.8) is 0 Å². The molecule has 220 valence electrons. The number of hydrogen-bond acceptors (Lipinski definition) is 4. The molecule has 0 aliphatic rings. The first-order valence-electron chi connectivity index (χ1n) is 15.9. The molecule has 0 unspecified atom stereocenters. The normalized spacial score (nSPS) is 12.1. The van der Waals surface area contributed by atoms with Gasteiger partial charge < -0.3 is 4.40 Å². The van der Waals surface area contributed by atoms with E-state index in [1.165, 1.54) is 54.3 Å². The number of aromatic nitrogens is 5. The largest absolute Gasteiger partial charge is 0.307 e. The van der Waals surface area contributed by atoms with Crippen LogP contribution in [0.4, 0.5) is 0 Å². The average Bonchev–Trinajstić information content (AvgIpc) is 3.79. The number of fused-ring (bicyclic) bond motifs is 13. The van der Waals surface area contributed by atoms with Gasteiger partial charge in [-0.15, -0.1) is 0 Å². The summed E-state index contributed by atoms with van der Waals surface area (Å²) < 4.78 is 4.66. The SMILES string of the molecule is N#Cc1cccc(-c2nc(-n3c4ccccc4c4c5c6ccc7ccccc7c6n6c7ccccc7c(cc43)c56)nc3ncccc23)c1. The number of nitriles is 1. The van der Waals surface area contributed by atoms with E-state index in [4.69, 9.17) is 15.0 Å². The second-order valence-electron chi connectivity index (χ2n) is 12.4. The minimum Gasteiger partial charge on any atom is -0.307 e. The van der Waals surface area contributed by atoms with Gasteiger partial charge in [0.25, 0.3) is 0 Å². The Hall–Kier alpha value is -6.84. The van der Waals surface area contributed by atoms with Gasteiger partial charge in [0.15, 0.2) is 5.65 Å². The van der Waals surface area contributed by atoms with Gasteiger partial charge in [0.1, 0.15) is 0 Å². The van der Waals surface area contributed by atoms with Crippen molar-refractivity contribution in [3.05, 3.63) is 139 Å². The van der Waals surface area contributed by atoms with Crippen molar-refractivity contribution < 1.29 is 0 Å². The van der Waals surface area contributed by atoms with Gasteiger partial charge in [-0.25, -0.2) is 9.97 Å². The Morgan fingerprint density at radius 1 is 0.542 bits per heavy atom. The van der Waals surface area contributed by atoms with Crippen LogP contribution in [0, 0.1) is 11.3 Å². The van der Waals surface area contributed by atoms with Crippen molar-refractivity contribution in [1.29, 1.82) is 5.26 Å². The molecular weight excluding hydrogens is 589 g/mol. The van der Waals surface area contributed by atoms with Crippen LogP contribution in [0.1, 0.15) is 5.56 Å². The molecule has 0 atom stereocenters. The Kier molecular flexibility index (Phi) is 4.82. The smallest absolute Gasteiger partial charge is 0.237 e. The van der Waals surface area contributed by atoms with Gasteiger partial charge in [-0.1, -0.05) is 84.9 Å². The van der Waals surface area contributed by atoms with E-state index in [1.54, 1.807) is 6.20 Å². The highest BCUT2D eigenvalue weighted by Crippen LogP contribution is 2.47. The Bertz CT molecular complexity index is 3200. The van der Waals surface area contributed by atoms with E-state index >= 15 is 0 Å². The first kappa shape index (κ1) is 25.4. The summed E-state index contributed by atoms with van der Waals surface area (Å²) in [6.07, 6.45) is 1.76. The predicted octanol–water partition coefficient (Wildman–Crippen LogP) is 9.96. The quantitative estimate of drug-likeness (QED) is 0.195. The molecule has 11 aromatic rings. The van der Waals surface area contributed by atoms with Crippen LogP contribution in [-0.2, 0) is 0 Å². The van der Waals surface area contributed by atoms with E-state index in [0.717, 1.165) is 33.1 Å². The molecule has 0 spiro atoms. The molecule has 48 heavy (non-hydrogen) atoms. The van der Waals surface area contributed by atoms with Gasteiger partial charge in [0.2, 0.25) is 5.95 Å². The molecule has 0 amide bonds. The van der Waals surface area contributed by atoms with E-state index < -0.39 is 0 Å². The maximum absolute atomic E-state index is 9.69. The van der Waals surface area contributed by atoms with Crippen molar-refractivity contribution in [2.24, 2.45) is 0 Å². The van der Waals surface area contributed by atoms with Crippen LogP contribution in [0.25, 0.3) is 98.9 Å². The summed E-state index contributed by atoms with van der Waals surface area (Å²) in [5, 5.41) is 20.2. The summed E-state index contributed by atoms with van der Waals surface area (Å²) in [4.78, 5) is 15.1. The molecule has 0 fully saturated rings. The molecule has 0 saturated heterocycles. The van der Waals surface area contributed by atoms with Crippen LogP contribution in [0.5, 0.6) is 0 Å². The standard InChI is InChI=1S/C42H22N6/c43-23-24-9-7-11-26(21-24)38-31-15-8-20-44-41(31)46-42(45-38)47-34-17-6-4-14-29(34)36-35(47)22-32-28-13-3-5-16-33(28)48-39-27-12-2-1-10-25(27)18-19-30(39)37(36)40(32)48/h1-22H. The summed E-state index contributed by atoms with van der Waals surface area (Å²) in [6.45, 7) is 0. The second kappa shape index (κ2) is 9.12. The molecule has 0 bridgehead atoms. The fourth-order valence-electron chi connectivity index (χ4n) is 7.99. The maximum Gasteiger partial charge on any atom is 0.237 e. The summed E-state index contributed by atoms with van der Waals surface area (Å²) in [7, 11) is 0. The second-order valence-corrected chi connectivity index (χ2v) is 12.4. The molecule has 0 saturated carbocycles. The predicted molar refractivity (Wildman–Crippen MR) is 194 cm³/mol. The molecule has 0 aliphatic heterocycles. The van der Waals surface area contributed by atoms with E-state index in [2.05, 4.69) is 106 Å². The number of nitrogens with zero attached hydrogens (tertiary/aromatic N) is 6. The lowest BCUT2D eigenvalue weighted by Gasteiger charge is -2.11. The van der Waals surface area contributed by atoms with Crippen molar-refractivity contribution in [2.45, 2.75) is 0 Å². The number of hydrogen-bond donors (Lipinski definition) is 0. The lowest BCUT2D eigenvalue weighted by atomic mass is 10.0. The van der Waals surface area contributed by atoms with Crippen LogP contribution in [0.15, 0.2) is 134 Å². The highest BCUT2D eigenvalue weighted by Gasteiger charge is 2.26. The summed E-state index contributed by atoms with van der Waals surface area (Å²) in [6, 6.07) is 46.5. The molecule has 0 N–H and O–H groups in total. The lowest BCUT2D eigenvalue weighted by molar-refractivity contribution is 1.01. The monoisotopic (exact) mass is 610 g/mol. The summed E-state index contributed by atoms with van der Waals surface area (Å²) in [5.74, 6) is 0.539. The zero-order valence-corrected chi connectivity index (χ0v) is 25.4. The molecule has 6 nitrogen and oxygen atoms in total. The third kappa shape index (κ3) is 3.17. The average molecular weight is 611 g/mol. The van der Waals surface area contributed by atoms with Crippen LogP contribution < -0.4 is 0 Å². The maximum atomic E-state index is 9.69. The fraction of sp³-hybridized carbons (Fsp3) is 0. The van der Waals surface area contributed by atoms with Gasteiger partial charge in [-0.05, 0) is 47.9 Å². The van der Waals surface area contributed by atoms with Crippen molar-refractivity contribution in [1.82, 2.24) is 23.9 Å². The number of rotatable bonds is 2. The molecule has 0 radical (unpaired) electrons. The molecule has 0 aliphatic carbocycles. The topological polar surface area (TPSA) is 71.8 Å². The number of benzene rings is 6. The molecule has 6 aromatic carbocycles. The van der Waals surface area contributed by atoms with Crippen LogP contribution in [0.2, 0.25) is 0 Å². The summed E-state index contributed by atoms with van der Waals surface area (Å²) in [5.41, 5.74) is 8.48. The Labute approximate surface area is 272 Å². The van der Waals surface area contributed by atoms with E-state index in [-0.39, 0.29) is 0 Å². The van der Waals surface area contributed by atoms with Crippen molar-refractivity contribution >= 4 is 81.7 Å². The minimum atomic E-state index is 0.539. The first-order valence-corrected chi connectivity index (χ1v) is 15.9. The van der Waals surface area contributed by atoms with Gasteiger partial charge >= 0.3 is 0 Å². The molecule has 5 aromatic heterocycles. The third-order valence-electron chi connectivity index (χ3n) is 9.91. The van der Waals surface area contributed by atoms with Crippen molar-refractivity contribution in [2.75, 3.05) is 0 Å². The molecule has 5 heterocycles. The fourth-order valence-corrected chi connectivity index (χ4v) is 7.99. The van der Waals surface area contributed by atoms with Gasteiger partial charge in [-0.3, -0.25) is 4.57 Å². The van der Waals surface area contributed by atoms with Crippen LogP contribution in [0.3, 0.4) is 0 Å². The Morgan fingerprint density at radius 2 is 1.33 bits per heavy atom. The van der Waals surface area contributed by atoms with E-state index in [9.17, 15) is 5.26 Å².